The number of nitrogens with two attached hydrogens (primary N) is 1. The SMILES string of the molecule is NCC1CCN(Cc2cccc3cccnc23)C1. The zero-order valence-electron chi connectivity index (χ0n) is 10.5. The largest absolute Gasteiger partial charge is 0.330 e. The van der Waals surface area contributed by atoms with Gasteiger partial charge < -0.3 is 5.73 Å². The lowest BCUT2D eigenvalue weighted by molar-refractivity contribution is 0.319. The van der Waals surface area contributed by atoms with Gasteiger partial charge in [0.15, 0.2) is 0 Å². The van der Waals surface area contributed by atoms with Gasteiger partial charge in [0.25, 0.3) is 0 Å². The maximum atomic E-state index is 5.74. The molecule has 0 radical (unpaired) electrons. The smallest absolute Gasteiger partial charge is 0.0746 e. The Balaban J connectivity index is 1.83. The molecule has 2 aromatic rings. The number of aromatic nitrogens is 1. The molecule has 0 aliphatic carbocycles. The van der Waals surface area contributed by atoms with Gasteiger partial charge in [0.2, 0.25) is 0 Å². The van der Waals surface area contributed by atoms with Crippen LogP contribution in [0.5, 0.6) is 0 Å². The highest BCUT2D eigenvalue weighted by molar-refractivity contribution is 5.81. The number of fused-ring (bicyclic) bond motifs is 1. The number of benzene rings is 1. The van der Waals surface area contributed by atoms with E-state index in [-0.39, 0.29) is 0 Å². The van der Waals surface area contributed by atoms with Crippen molar-refractivity contribution < 1.29 is 0 Å². The molecule has 2 heterocycles. The maximum Gasteiger partial charge on any atom is 0.0746 e. The first-order valence-corrected chi connectivity index (χ1v) is 6.62. The number of nitrogens with zero attached hydrogens (tertiary/aromatic N) is 2. The van der Waals surface area contributed by atoms with E-state index in [9.17, 15) is 0 Å². The molecule has 2 N–H and O–H groups in total. The van der Waals surface area contributed by atoms with Crippen LogP contribution in [0.1, 0.15) is 12.0 Å². The fraction of sp³-hybridized carbons (Fsp3) is 0.400. The molecule has 1 unspecified atom stereocenters. The molecule has 1 aromatic heterocycles. The van der Waals surface area contributed by atoms with Crippen LogP contribution in [0.25, 0.3) is 10.9 Å². The molecule has 0 spiro atoms. The molecule has 1 aromatic carbocycles. The van der Waals surface area contributed by atoms with Gasteiger partial charge in [0.1, 0.15) is 0 Å². The minimum atomic E-state index is 0.674. The van der Waals surface area contributed by atoms with Crippen LogP contribution in [0.15, 0.2) is 36.5 Å². The Morgan fingerprint density at radius 2 is 2.17 bits per heavy atom. The van der Waals surface area contributed by atoms with Crippen LogP contribution >= 0.6 is 0 Å². The Hall–Kier alpha value is -1.45. The molecule has 1 aliphatic heterocycles. The third kappa shape index (κ3) is 2.24. The Morgan fingerprint density at radius 1 is 1.28 bits per heavy atom. The molecule has 3 nitrogen and oxygen atoms in total. The van der Waals surface area contributed by atoms with E-state index in [1.807, 2.05) is 12.3 Å². The van der Waals surface area contributed by atoms with Crippen LogP contribution in [0.3, 0.4) is 0 Å². The third-order valence-corrected chi connectivity index (χ3v) is 3.81. The average Bonchev–Trinajstić information content (AvgIpc) is 2.87. The highest BCUT2D eigenvalue weighted by Crippen LogP contribution is 2.21. The molecular weight excluding hydrogens is 222 g/mol. The zero-order valence-corrected chi connectivity index (χ0v) is 10.5. The predicted molar refractivity (Wildman–Crippen MR) is 74.2 cm³/mol. The van der Waals surface area contributed by atoms with Gasteiger partial charge in [-0.05, 0) is 37.1 Å². The van der Waals surface area contributed by atoms with Crippen LogP contribution in [0, 0.1) is 5.92 Å². The Kier molecular flexibility index (Phi) is 3.26. The van der Waals surface area contributed by atoms with Crippen molar-refractivity contribution in [3.8, 4) is 0 Å². The van der Waals surface area contributed by atoms with E-state index in [0.717, 1.165) is 31.7 Å². The molecule has 0 amide bonds. The summed E-state index contributed by atoms with van der Waals surface area (Å²) in [4.78, 5) is 7.00. The first-order chi connectivity index (χ1) is 8.86. The molecule has 3 rings (SSSR count). The monoisotopic (exact) mass is 241 g/mol. The lowest BCUT2D eigenvalue weighted by Crippen LogP contribution is -2.22. The van der Waals surface area contributed by atoms with Crippen molar-refractivity contribution in [1.82, 2.24) is 9.88 Å². The Bertz CT molecular complexity index is 533. The summed E-state index contributed by atoms with van der Waals surface area (Å²) in [6.45, 7) is 4.08. The first kappa shape index (κ1) is 11.6. The summed E-state index contributed by atoms with van der Waals surface area (Å²) >= 11 is 0. The topological polar surface area (TPSA) is 42.1 Å². The van der Waals surface area contributed by atoms with Gasteiger partial charge in [-0.15, -0.1) is 0 Å². The molecule has 3 heteroatoms. The summed E-state index contributed by atoms with van der Waals surface area (Å²) in [5, 5.41) is 1.23. The Labute approximate surface area is 108 Å². The summed E-state index contributed by atoms with van der Waals surface area (Å²) in [5.74, 6) is 0.674. The van der Waals surface area contributed by atoms with Crippen LogP contribution in [-0.4, -0.2) is 29.5 Å². The van der Waals surface area contributed by atoms with Gasteiger partial charge in [-0.3, -0.25) is 9.88 Å². The molecule has 1 saturated heterocycles. The summed E-state index contributed by atoms with van der Waals surface area (Å²) in [6, 6.07) is 10.5. The molecule has 1 atom stereocenters. The van der Waals surface area contributed by atoms with E-state index in [0.29, 0.717) is 5.92 Å². The number of hydrogen-bond acceptors (Lipinski definition) is 3. The minimum absolute atomic E-state index is 0.674. The average molecular weight is 241 g/mol. The number of pyridine rings is 1. The van der Waals surface area contributed by atoms with Crippen molar-refractivity contribution in [3.05, 3.63) is 42.1 Å². The van der Waals surface area contributed by atoms with Crippen molar-refractivity contribution in [2.75, 3.05) is 19.6 Å². The van der Waals surface area contributed by atoms with Crippen LogP contribution in [0.2, 0.25) is 0 Å². The normalized spacial score (nSPS) is 20.6. The van der Waals surface area contributed by atoms with Gasteiger partial charge in [0.05, 0.1) is 5.52 Å². The third-order valence-electron chi connectivity index (χ3n) is 3.81. The summed E-state index contributed by atoms with van der Waals surface area (Å²) in [7, 11) is 0. The molecule has 1 fully saturated rings. The van der Waals surface area contributed by atoms with E-state index >= 15 is 0 Å². The Morgan fingerprint density at radius 3 is 3.00 bits per heavy atom. The molecule has 0 bridgehead atoms. The second-order valence-corrected chi connectivity index (χ2v) is 5.12. The van der Waals surface area contributed by atoms with E-state index in [1.165, 1.54) is 17.4 Å². The van der Waals surface area contributed by atoms with Crippen LogP contribution in [-0.2, 0) is 6.54 Å². The van der Waals surface area contributed by atoms with E-state index in [1.54, 1.807) is 0 Å². The van der Waals surface area contributed by atoms with E-state index < -0.39 is 0 Å². The van der Waals surface area contributed by atoms with Crippen LogP contribution in [0.4, 0.5) is 0 Å². The predicted octanol–water partition coefficient (Wildman–Crippen LogP) is 2.02. The molecule has 0 saturated carbocycles. The zero-order chi connectivity index (χ0) is 12.4. The molecule has 94 valence electrons. The highest BCUT2D eigenvalue weighted by atomic mass is 15.1. The summed E-state index contributed by atoms with van der Waals surface area (Å²) in [6.07, 6.45) is 3.10. The van der Waals surface area contributed by atoms with E-state index in [4.69, 9.17) is 5.73 Å². The second kappa shape index (κ2) is 5.04. The quantitative estimate of drug-likeness (QED) is 0.894. The van der Waals surface area contributed by atoms with Gasteiger partial charge in [0, 0.05) is 24.7 Å². The van der Waals surface area contributed by atoms with Crippen LogP contribution < -0.4 is 5.73 Å². The van der Waals surface area contributed by atoms with Crippen molar-refractivity contribution in [1.29, 1.82) is 0 Å². The minimum Gasteiger partial charge on any atom is -0.330 e. The van der Waals surface area contributed by atoms with Gasteiger partial charge in [-0.2, -0.15) is 0 Å². The number of likely N-dealkylation sites (tertiary alicyclic amines) is 1. The van der Waals surface area contributed by atoms with Crippen molar-refractivity contribution in [3.63, 3.8) is 0 Å². The highest BCUT2D eigenvalue weighted by Gasteiger charge is 2.21. The number of hydrogen-bond donors (Lipinski definition) is 1. The second-order valence-electron chi connectivity index (χ2n) is 5.12. The molecular formula is C15H19N3. The van der Waals surface area contributed by atoms with Crippen molar-refractivity contribution in [2.45, 2.75) is 13.0 Å². The van der Waals surface area contributed by atoms with Gasteiger partial charge in [-0.25, -0.2) is 0 Å². The number of para-hydroxylation sites is 1. The lowest BCUT2D eigenvalue weighted by Gasteiger charge is -2.16. The molecule has 1 aliphatic rings. The van der Waals surface area contributed by atoms with Crippen molar-refractivity contribution >= 4 is 10.9 Å². The maximum absolute atomic E-state index is 5.74. The fourth-order valence-corrected chi connectivity index (χ4v) is 2.78. The van der Waals surface area contributed by atoms with Crippen molar-refractivity contribution in [2.24, 2.45) is 11.7 Å². The lowest BCUT2D eigenvalue weighted by atomic mass is 10.1. The fourth-order valence-electron chi connectivity index (χ4n) is 2.78. The molecule has 18 heavy (non-hydrogen) atoms. The first-order valence-electron chi connectivity index (χ1n) is 6.62. The number of rotatable bonds is 3. The van der Waals surface area contributed by atoms with Gasteiger partial charge >= 0.3 is 0 Å². The van der Waals surface area contributed by atoms with Gasteiger partial charge in [-0.1, -0.05) is 24.3 Å². The standard InChI is InChI=1S/C15H19N3/c16-9-12-6-8-18(10-12)11-14-4-1-3-13-5-2-7-17-15(13)14/h1-5,7,12H,6,8-11,16H2. The summed E-state index contributed by atoms with van der Waals surface area (Å²) in [5.41, 5.74) is 8.20. The summed E-state index contributed by atoms with van der Waals surface area (Å²) < 4.78 is 0. The van der Waals surface area contributed by atoms with E-state index in [2.05, 4.69) is 34.1 Å².